The number of aromatic nitrogens is 2. The van der Waals surface area contributed by atoms with Crippen LogP contribution in [0.4, 0.5) is 36.3 Å². The van der Waals surface area contributed by atoms with E-state index in [0.717, 1.165) is 11.0 Å². The fourth-order valence-corrected chi connectivity index (χ4v) is 3.32. The molecule has 2 amide bonds. The summed E-state index contributed by atoms with van der Waals surface area (Å²) in [6.45, 7) is 4.14. The summed E-state index contributed by atoms with van der Waals surface area (Å²) in [6, 6.07) is 9.26. The van der Waals surface area contributed by atoms with E-state index >= 15 is 0 Å². The van der Waals surface area contributed by atoms with Crippen LogP contribution in [0, 0.1) is 5.82 Å². The lowest BCUT2D eigenvalue weighted by molar-refractivity contribution is -0.113. The summed E-state index contributed by atoms with van der Waals surface area (Å²) in [7, 11) is 1.43. The van der Waals surface area contributed by atoms with Gasteiger partial charge in [-0.3, -0.25) is 9.59 Å². The Labute approximate surface area is 216 Å². The first-order valence-corrected chi connectivity index (χ1v) is 11.5. The van der Waals surface area contributed by atoms with E-state index in [9.17, 15) is 22.8 Å². The molecule has 0 saturated carbocycles. The molecule has 1 heterocycles. The van der Waals surface area contributed by atoms with Gasteiger partial charge in [0.25, 0.3) is 12.3 Å². The van der Waals surface area contributed by atoms with E-state index < -0.39 is 18.1 Å². The van der Waals surface area contributed by atoms with E-state index in [1.165, 1.54) is 55.7 Å². The van der Waals surface area contributed by atoms with Crippen molar-refractivity contribution in [2.75, 3.05) is 35.7 Å². The molecule has 0 unspecified atom stereocenters. The van der Waals surface area contributed by atoms with Crippen LogP contribution in [0.5, 0.6) is 0 Å². The van der Waals surface area contributed by atoms with Gasteiger partial charge >= 0.3 is 0 Å². The number of hydrogen-bond donors (Lipinski definition) is 3. The molecule has 0 radical (unpaired) electrons. The van der Waals surface area contributed by atoms with Crippen LogP contribution >= 0.6 is 11.6 Å². The molecule has 0 spiro atoms. The fraction of sp³-hybridized carbons (Fsp3) is 0.200. The summed E-state index contributed by atoms with van der Waals surface area (Å²) in [6.07, 6.45) is 0.408. The molecule has 0 saturated heterocycles. The number of alkyl halides is 2. The summed E-state index contributed by atoms with van der Waals surface area (Å²) in [5.41, 5.74) is 0.633. The molecule has 0 fully saturated rings. The van der Waals surface area contributed by atoms with Gasteiger partial charge in [-0.1, -0.05) is 30.3 Å². The zero-order valence-corrected chi connectivity index (χ0v) is 20.5. The SMILES string of the molecule is C=CC(=O)N(C)c1cc(Nc2ncc(Cl)c(NCCCNC(=O)c3ccc(C(F)F)cc3)n2)ccc1F. The third-order valence-electron chi connectivity index (χ3n) is 5.17. The third-order valence-corrected chi connectivity index (χ3v) is 5.45. The molecular formula is C25H24ClF3N6O2. The van der Waals surface area contributed by atoms with Crippen LogP contribution in [-0.4, -0.2) is 41.9 Å². The first kappa shape index (κ1) is 27.5. The van der Waals surface area contributed by atoms with E-state index in [-0.39, 0.29) is 33.7 Å². The Morgan fingerprint density at radius 1 is 1.16 bits per heavy atom. The molecule has 37 heavy (non-hydrogen) atoms. The zero-order chi connectivity index (χ0) is 26.9. The lowest BCUT2D eigenvalue weighted by atomic mass is 10.1. The summed E-state index contributed by atoms with van der Waals surface area (Å²) in [5.74, 6) is -0.894. The molecule has 194 valence electrons. The van der Waals surface area contributed by atoms with Gasteiger partial charge < -0.3 is 20.9 Å². The summed E-state index contributed by atoms with van der Waals surface area (Å²) >= 11 is 6.17. The lowest BCUT2D eigenvalue weighted by Gasteiger charge is -2.17. The van der Waals surface area contributed by atoms with Gasteiger partial charge in [-0.05, 0) is 42.8 Å². The first-order chi connectivity index (χ1) is 17.7. The molecular weight excluding hydrogens is 509 g/mol. The van der Waals surface area contributed by atoms with E-state index in [1.807, 2.05) is 0 Å². The molecule has 8 nitrogen and oxygen atoms in total. The predicted octanol–water partition coefficient (Wildman–Crippen LogP) is 5.33. The van der Waals surface area contributed by atoms with E-state index in [2.05, 4.69) is 32.5 Å². The Balaban J connectivity index is 1.54. The standard InChI is InChI=1S/C25H24ClF3N6O2/c1-3-21(36)35(2)20-13-17(9-10-19(20)27)33-25-32-14-18(26)23(34-25)30-11-4-12-31-24(37)16-7-5-15(6-8-16)22(28)29/h3,5-10,13-14,22H,1,4,11-12H2,2H3,(H,31,37)(H2,30,32,33,34). The number of benzene rings is 2. The number of anilines is 4. The van der Waals surface area contributed by atoms with Crippen molar-refractivity contribution < 1.29 is 22.8 Å². The number of hydrogen-bond acceptors (Lipinski definition) is 6. The number of nitrogens with one attached hydrogen (secondary N) is 3. The predicted molar refractivity (Wildman–Crippen MR) is 137 cm³/mol. The van der Waals surface area contributed by atoms with Crippen LogP contribution < -0.4 is 20.9 Å². The monoisotopic (exact) mass is 532 g/mol. The molecule has 3 rings (SSSR count). The van der Waals surface area contributed by atoms with Gasteiger partial charge in [-0.25, -0.2) is 18.2 Å². The van der Waals surface area contributed by atoms with Crippen molar-refractivity contribution in [1.29, 1.82) is 0 Å². The van der Waals surface area contributed by atoms with Crippen LogP contribution in [0.15, 0.2) is 61.3 Å². The minimum atomic E-state index is -2.59. The number of amides is 2. The number of likely N-dealkylation sites (N-methyl/N-ethyl adjacent to an activating group) is 1. The molecule has 3 N–H and O–H groups in total. The van der Waals surface area contributed by atoms with E-state index in [1.54, 1.807) is 0 Å². The molecule has 0 bridgehead atoms. The maximum atomic E-state index is 14.2. The van der Waals surface area contributed by atoms with Gasteiger partial charge in [0, 0.05) is 37.0 Å². The van der Waals surface area contributed by atoms with Crippen molar-refractivity contribution in [3.8, 4) is 0 Å². The summed E-state index contributed by atoms with van der Waals surface area (Å²) in [4.78, 5) is 33.5. The van der Waals surface area contributed by atoms with Crippen molar-refractivity contribution >= 4 is 46.6 Å². The van der Waals surface area contributed by atoms with Crippen LogP contribution in [0.1, 0.15) is 28.8 Å². The highest BCUT2D eigenvalue weighted by molar-refractivity contribution is 6.32. The first-order valence-electron chi connectivity index (χ1n) is 11.1. The Bertz CT molecular complexity index is 1270. The summed E-state index contributed by atoms with van der Waals surface area (Å²) in [5, 5.41) is 8.98. The molecule has 0 atom stereocenters. The minimum Gasteiger partial charge on any atom is -0.369 e. The number of carbonyl (C=O) groups is 2. The smallest absolute Gasteiger partial charge is 0.263 e. The van der Waals surface area contributed by atoms with Crippen molar-refractivity contribution in [3.63, 3.8) is 0 Å². The topological polar surface area (TPSA) is 99.3 Å². The van der Waals surface area contributed by atoms with Crippen LogP contribution in [0.25, 0.3) is 0 Å². The van der Waals surface area contributed by atoms with Crippen molar-refractivity contribution in [1.82, 2.24) is 15.3 Å². The van der Waals surface area contributed by atoms with Crippen molar-refractivity contribution in [2.24, 2.45) is 0 Å². The Morgan fingerprint density at radius 2 is 1.89 bits per heavy atom. The molecule has 0 aliphatic carbocycles. The molecule has 1 aromatic heterocycles. The van der Waals surface area contributed by atoms with Gasteiger partial charge in [0.1, 0.15) is 16.7 Å². The maximum Gasteiger partial charge on any atom is 0.263 e. The van der Waals surface area contributed by atoms with E-state index in [0.29, 0.717) is 31.0 Å². The third kappa shape index (κ3) is 7.43. The fourth-order valence-electron chi connectivity index (χ4n) is 3.16. The second-order valence-electron chi connectivity index (χ2n) is 7.74. The number of carbonyl (C=O) groups excluding carboxylic acids is 2. The molecule has 3 aromatic rings. The highest BCUT2D eigenvalue weighted by Gasteiger charge is 2.14. The highest BCUT2D eigenvalue weighted by atomic mass is 35.5. The zero-order valence-electron chi connectivity index (χ0n) is 19.8. The van der Waals surface area contributed by atoms with Gasteiger partial charge in [0.15, 0.2) is 0 Å². The van der Waals surface area contributed by atoms with Gasteiger partial charge in [-0.2, -0.15) is 4.98 Å². The molecule has 0 aliphatic rings. The largest absolute Gasteiger partial charge is 0.369 e. The highest BCUT2D eigenvalue weighted by Crippen LogP contribution is 2.26. The van der Waals surface area contributed by atoms with Crippen molar-refractivity contribution in [2.45, 2.75) is 12.8 Å². The maximum absolute atomic E-state index is 14.2. The Morgan fingerprint density at radius 3 is 2.57 bits per heavy atom. The second-order valence-corrected chi connectivity index (χ2v) is 8.15. The Kier molecular flexibility index (Phi) is 9.45. The Hall–Kier alpha value is -4.12. The molecule has 12 heteroatoms. The number of nitrogens with zero attached hydrogens (tertiary/aromatic N) is 3. The van der Waals surface area contributed by atoms with Gasteiger partial charge in [0.2, 0.25) is 11.9 Å². The van der Waals surface area contributed by atoms with Crippen molar-refractivity contribution in [3.05, 3.63) is 83.3 Å². The lowest BCUT2D eigenvalue weighted by Crippen LogP contribution is -2.25. The molecule has 2 aromatic carbocycles. The van der Waals surface area contributed by atoms with Gasteiger partial charge in [-0.15, -0.1) is 0 Å². The quantitative estimate of drug-likeness (QED) is 0.228. The van der Waals surface area contributed by atoms with Gasteiger partial charge in [0.05, 0.1) is 11.9 Å². The normalized spacial score (nSPS) is 10.6. The minimum absolute atomic E-state index is 0.0502. The van der Waals surface area contributed by atoms with E-state index in [4.69, 9.17) is 11.6 Å². The average Bonchev–Trinajstić information content (AvgIpc) is 2.90. The van der Waals surface area contributed by atoms with Crippen LogP contribution in [0.3, 0.4) is 0 Å². The number of rotatable bonds is 11. The summed E-state index contributed by atoms with van der Waals surface area (Å²) < 4.78 is 39.5. The van der Waals surface area contributed by atoms with Crippen LogP contribution in [0.2, 0.25) is 5.02 Å². The molecule has 0 aliphatic heterocycles. The van der Waals surface area contributed by atoms with Crippen LogP contribution in [-0.2, 0) is 4.79 Å². The average molecular weight is 533 g/mol. The number of halogens is 4. The second kappa shape index (κ2) is 12.7.